The molecule has 0 radical (unpaired) electrons. The van der Waals surface area contributed by atoms with Crippen molar-refractivity contribution in [3.63, 3.8) is 0 Å². The number of carbonyl (C=O) groups excluding carboxylic acids is 1. The minimum atomic E-state index is -0.121. The maximum absolute atomic E-state index is 11.7. The first-order valence-corrected chi connectivity index (χ1v) is 6.19. The van der Waals surface area contributed by atoms with Gasteiger partial charge in [-0.3, -0.25) is 4.79 Å². The molecule has 1 fully saturated rings. The van der Waals surface area contributed by atoms with Crippen molar-refractivity contribution in [2.24, 2.45) is 5.92 Å². The highest BCUT2D eigenvalue weighted by Gasteiger charge is 2.27. The Morgan fingerprint density at radius 3 is 3.17 bits per heavy atom. The van der Waals surface area contributed by atoms with Crippen LogP contribution >= 0.6 is 0 Å². The smallest absolute Gasteiger partial charge is 0.310 e. The van der Waals surface area contributed by atoms with Gasteiger partial charge in [0.1, 0.15) is 18.0 Å². The molecule has 2 heterocycles. The van der Waals surface area contributed by atoms with Gasteiger partial charge in [0, 0.05) is 19.2 Å². The minimum Gasteiger partial charge on any atom is -0.466 e. The van der Waals surface area contributed by atoms with E-state index in [9.17, 15) is 4.79 Å². The Morgan fingerprint density at radius 2 is 2.44 bits per heavy atom. The van der Waals surface area contributed by atoms with Gasteiger partial charge in [-0.25, -0.2) is 9.97 Å². The molecule has 1 saturated heterocycles. The largest absolute Gasteiger partial charge is 0.466 e. The summed E-state index contributed by atoms with van der Waals surface area (Å²) in [7, 11) is 0. The lowest BCUT2D eigenvalue weighted by atomic mass is 9.98. The highest BCUT2D eigenvalue weighted by Crippen LogP contribution is 2.22. The minimum absolute atomic E-state index is 0.0742. The summed E-state index contributed by atoms with van der Waals surface area (Å²) in [4.78, 5) is 21.8. The van der Waals surface area contributed by atoms with Gasteiger partial charge in [0.25, 0.3) is 0 Å². The standard InChI is InChI=1S/C12H18N4O2/c1-2-18-12(17)9-4-3-5-16(7-9)11-6-10(13)14-8-15-11/h6,8-9H,2-5,7H2,1H3,(H2,13,14,15). The third-order valence-corrected chi connectivity index (χ3v) is 3.04. The number of nitrogen functional groups attached to an aromatic ring is 1. The van der Waals surface area contributed by atoms with E-state index in [1.165, 1.54) is 6.33 Å². The van der Waals surface area contributed by atoms with Crippen molar-refractivity contribution in [1.29, 1.82) is 0 Å². The molecule has 1 aliphatic rings. The summed E-state index contributed by atoms with van der Waals surface area (Å²) in [6.07, 6.45) is 3.27. The normalized spacial score (nSPS) is 19.6. The second kappa shape index (κ2) is 5.66. The predicted molar refractivity (Wildman–Crippen MR) is 68.0 cm³/mol. The molecule has 6 heteroatoms. The molecule has 0 spiro atoms. The Labute approximate surface area is 106 Å². The topological polar surface area (TPSA) is 81.3 Å². The molecule has 1 aromatic heterocycles. The molecule has 2 rings (SSSR count). The SMILES string of the molecule is CCOC(=O)C1CCCN(c2cc(N)ncn2)C1. The zero-order valence-corrected chi connectivity index (χ0v) is 10.5. The summed E-state index contributed by atoms with van der Waals surface area (Å²) in [5.74, 6) is 1.02. The van der Waals surface area contributed by atoms with Gasteiger partial charge in [-0.15, -0.1) is 0 Å². The van der Waals surface area contributed by atoms with Gasteiger partial charge >= 0.3 is 5.97 Å². The number of hydrogen-bond donors (Lipinski definition) is 1. The van der Waals surface area contributed by atoms with Crippen LogP contribution in [0, 0.1) is 5.92 Å². The molecule has 1 unspecified atom stereocenters. The van der Waals surface area contributed by atoms with E-state index in [4.69, 9.17) is 10.5 Å². The Morgan fingerprint density at radius 1 is 1.61 bits per heavy atom. The van der Waals surface area contributed by atoms with E-state index in [0.29, 0.717) is 19.0 Å². The molecule has 2 N–H and O–H groups in total. The van der Waals surface area contributed by atoms with Crippen LogP contribution in [0.5, 0.6) is 0 Å². The van der Waals surface area contributed by atoms with Crippen LogP contribution in [0.25, 0.3) is 0 Å². The van der Waals surface area contributed by atoms with E-state index in [0.717, 1.165) is 25.2 Å². The first-order chi connectivity index (χ1) is 8.70. The van der Waals surface area contributed by atoms with E-state index in [2.05, 4.69) is 14.9 Å². The lowest BCUT2D eigenvalue weighted by Gasteiger charge is -2.32. The monoisotopic (exact) mass is 250 g/mol. The lowest BCUT2D eigenvalue weighted by molar-refractivity contribution is -0.148. The lowest BCUT2D eigenvalue weighted by Crippen LogP contribution is -2.39. The Hall–Kier alpha value is -1.85. The van der Waals surface area contributed by atoms with Crippen molar-refractivity contribution in [3.05, 3.63) is 12.4 Å². The number of anilines is 2. The third-order valence-electron chi connectivity index (χ3n) is 3.04. The first kappa shape index (κ1) is 12.6. The van der Waals surface area contributed by atoms with Gasteiger partial charge in [-0.2, -0.15) is 0 Å². The van der Waals surface area contributed by atoms with Gasteiger partial charge in [-0.1, -0.05) is 0 Å². The molecule has 1 atom stereocenters. The number of ether oxygens (including phenoxy) is 1. The van der Waals surface area contributed by atoms with Crippen LogP contribution in [-0.2, 0) is 9.53 Å². The number of carbonyl (C=O) groups is 1. The second-order valence-corrected chi connectivity index (χ2v) is 4.34. The van der Waals surface area contributed by atoms with E-state index < -0.39 is 0 Å². The van der Waals surface area contributed by atoms with E-state index in [-0.39, 0.29) is 11.9 Å². The molecule has 0 aromatic carbocycles. The van der Waals surface area contributed by atoms with E-state index >= 15 is 0 Å². The average Bonchev–Trinajstić information content (AvgIpc) is 2.39. The Balaban J connectivity index is 2.04. The van der Waals surface area contributed by atoms with Gasteiger partial charge < -0.3 is 15.4 Å². The van der Waals surface area contributed by atoms with Crippen molar-refractivity contribution in [2.45, 2.75) is 19.8 Å². The van der Waals surface area contributed by atoms with Gasteiger partial charge in [-0.05, 0) is 19.8 Å². The number of nitrogens with two attached hydrogens (primary N) is 1. The number of nitrogens with zero attached hydrogens (tertiary/aromatic N) is 3. The van der Waals surface area contributed by atoms with E-state index in [1.807, 2.05) is 6.92 Å². The fraction of sp³-hybridized carbons (Fsp3) is 0.583. The van der Waals surface area contributed by atoms with Crippen LogP contribution in [0.15, 0.2) is 12.4 Å². The number of hydrogen-bond acceptors (Lipinski definition) is 6. The van der Waals surface area contributed by atoms with Crippen molar-refractivity contribution < 1.29 is 9.53 Å². The Bertz CT molecular complexity index is 424. The quantitative estimate of drug-likeness (QED) is 0.800. The van der Waals surface area contributed by atoms with Gasteiger partial charge in [0.15, 0.2) is 0 Å². The first-order valence-electron chi connectivity index (χ1n) is 6.19. The number of aromatic nitrogens is 2. The zero-order valence-electron chi connectivity index (χ0n) is 10.5. The van der Waals surface area contributed by atoms with Crippen LogP contribution in [0.2, 0.25) is 0 Å². The fourth-order valence-corrected chi connectivity index (χ4v) is 2.17. The molecule has 0 saturated carbocycles. The molecule has 0 aliphatic carbocycles. The molecular weight excluding hydrogens is 232 g/mol. The van der Waals surface area contributed by atoms with Crippen LogP contribution in [-0.4, -0.2) is 35.6 Å². The highest BCUT2D eigenvalue weighted by molar-refractivity contribution is 5.73. The number of esters is 1. The Kier molecular flexibility index (Phi) is 3.96. The maximum Gasteiger partial charge on any atom is 0.310 e. The average molecular weight is 250 g/mol. The maximum atomic E-state index is 11.7. The van der Waals surface area contributed by atoms with Gasteiger partial charge in [0.2, 0.25) is 0 Å². The molecule has 1 aromatic rings. The van der Waals surface area contributed by atoms with Crippen molar-refractivity contribution in [1.82, 2.24) is 9.97 Å². The summed E-state index contributed by atoms with van der Waals surface area (Å²) in [6.45, 7) is 3.76. The summed E-state index contributed by atoms with van der Waals surface area (Å²) in [6, 6.07) is 1.73. The van der Waals surface area contributed by atoms with Crippen LogP contribution in [0.3, 0.4) is 0 Å². The van der Waals surface area contributed by atoms with Crippen molar-refractivity contribution in [3.8, 4) is 0 Å². The fourth-order valence-electron chi connectivity index (χ4n) is 2.17. The molecular formula is C12H18N4O2. The molecule has 98 valence electrons. The van der Waals surface area contributed by atoms with Crippen LogP contribution in [0.4, 0.5) is 11.6 Å². The summed E-state index contributed by atoms with van der Waals surface area (Å²) >= 11 is 0. The molecule has 18 heavy (non-hydrogen) atoms. The van der Waals surface area contributed by atoms with Crippen LogP contribution < -0.4 is 10.6 Å². The molecule has 0 amide bonds. The highest BCUT2D eigenvalue weighted by atomic mass is 16.5. The second-order valence-electron chi connectivity index (χ2n) is 4.34. The van der Waals surface area contributed by atoms with Crippen molar-refractivity contribution in [2.75, 3.05) is 30.3 Å². The zero-order chi connectivity index (χ0) is 13.0. The predicted octanol–water partition coefficient (Wildman–Crippen LogP) is 0.838. The van der Waals surface area contributed by atoms with Gasteiger partial charge in [0.05, 0.1) is 12.5 Å². The molecule has 0 bridgehead atoms. The molecule has 1 aliphatic heterocycles. The van der Waals surface area contributed by atoms with E-state index in [1.54, 1.807) is 6.07 Å². The molecule has 6 nitrogen and oxygen atoms in total. The summed E-state index contributed by atoms with van der Waals surface area (Å²) in [5, 5.41) is 0. The summed E-state index contributed by atoms with van der Waals surface area (Å²) < 4.78 is 5.07. The number of piperidine rings is 1. The summed E-state index contributed by atoms with van der Waals surface area (Å²) in [5.41, 5.74) is 5.64. The number of rotatable bonds is 3. The van der Waals surface area contributed by atoms with Crippen molar-refractivity contribution >= 4 is 17.6 Å². The third kappa shape index (κ3) is 2.88. The van der Waals surface area contributed by atoms with Crippen LogP contribution in [0.1, 0.15) is 19.8 Å².